The minimum atomic E-state index is 0.216. The van der Waals surface area contributed by atoms with E-state index in [1.165, 1.54) is 11.1 Å². The molecule has 1 heterocycles. The summed E-state index contributed by atoms with van der Waals surface area (Å²) >= 11 is 0. The second-order valence-electron chi connectivity index (χ2n) is 6.12. The highest BCUT2D eigenvalue weighted by Gasteiger charge is 2.14. The predicted molar refractivity (Wildman–Crippen MR) is 101 cm³/mol. The third-order valence-corrected chi connectivity index (χ3v) is 4.34. The van der Waals surface area contributed by atoms with Crippen LogP contribution < -0.4 is 10.1 Å². The summed E-state index contributed by atoms with van der Waals surface area (Å²) in [6.45, 7) is 7.76. The maximum Gasteiger partial charge on any atom is 0.119 e. The summed E-state index contributed by atoms with van der Waals surface area (Å²) in [6.07, 6.45) is 1.95. The summed E-state index contributed by atoms with van der Waals surface area (Å²) in [4.78, 5) is 0. The molecule has 0 aliphatic heterocycles. The predicted octanol–water partition coefficient (Wildman–Crippen LogP) is 4.43. The van der Waals surface area contributed by atoms with E-state index in [0.29, 0.717) is 6.61 Å². The fraction of sp³-hybridized carbons (Fsp3) is 0.286. The van der Waals surface area contributed by atoms with Gasteiger partial charge in [0.05, 0.1) is 18.5 Å². The van der Waals surface area contributed by atoms with E-state index in [4.69, 9.17) is 4.74 Å². The maximum absolute atomic E-state index is 5.57. The van der Waals surface area contributed by atoms with Gasteiger partial charge in [0, 0.05) is 23.8 Å². The third-order valence-electron chi connectivity index (χ3n) is 4.34. The number of rotatable bonds is 7. The molecule has 3 rings (SSSR count). The van der Waals surface area contributed by atoms with Crippen molar-refractivity contribution in [3.63, 3.8) is 0 Å². The summed E-state index contributed by atoms with van der Waals surface area (Å²) < 4.78 is 7.56. The lowest BCUT2D eigenvalue weighted by atomic mass is 10.1. The molecule has 3 aromatic rings. The molecule has 4 heteroatoms. The number of aromatic nitrogens is 2. The molecule has 0 saturated carbocycles. The highest BCUT2D eigenvalue weighted by molar-refractivity contribution is 5.35. The van der Waals surface area contributed by atoms with Gasteiger partial charge in [0.15, 0.2) is 0 Å². The Labute approximate surface area is 149 Å². The topological polar surface area (TPSA) is 39.1 Å². The van der Waals surface area contributed by atoms with Crippen LogP contribution in [0.1, 0.15) is 36.7 Å². The molecule has 1 N–H and O–H groups in total. The van der Waals surface area contributed by atoms with Crippen LogP contribution in [-0.4, -0.2) is 16.4 Å². The van der Waals surface area contributed by atoms with Crippen LogP contribution in [0.4, 0.5) is 0 Å². The monoisotopic (exact) mass is 335 g/mol. The molecule has 2 aromatic carbocycles. The Morgan fingerprint density at radius 2 is 1.92 bits per heavy atom. The number of nitrogens with one attached hydrogen (secondary N) is 1. The van der Waals surface area contributed by atoms with Crippen molar-refractivity contribution in [2.24, 2.45) is 0 Å². The molecule has 0 unspecified atom stereocenters. The molecule has 0 spiro atoms. The molecule has 0 aliphatic carbocycles. The Morgan fingerprint density at radius 3 is 2.68 bits per heavy atom. The van der Waals surface area contributed by atoms with Crippen molar-refractivity contribution in [1.82, 2.24) is 15.1 Å². The first-order valence-electron chi connectivity index (χ1n) is 8.74. The molecule has 4 nitrogen and oxygen atoms in total. The molecule has 130 valence electrons. The fourth-order valence-electron chi connectivity index (χ4n) is 2.97. The van der Waals surface area contributed by atoms with Crippen molar-refractivity contribution >= 4 is 0 Å². The molecule has 0 saturated heterocycles. The molecule has 0 aliphatic rings. The van der Waals surface area contributed by atoms with Gasteiger partial charge in [-0.1, -0.05) is 30.3 Å². The van der Waals surface area contributed by atoms with Gasteiger partial charge in [-0.3, -0.25) is 0 Å². The van der Waals surface area contributed by atoms with Crippen molar-refractivity contribution < 1.29 is 4.74 Å². The summed E-state index contributed by atoms with van der Waals surface area (Å²) in [7, 11) is 0. The number of nitrogens with zero attached hydrogens (tertiary/aromatic N) is 2. The van der Waals surface area contributed by atoms with Crippen LogP contribution in [0.5, 0.6) is 5.75 Å². The first-order valence-corrected chi connectivity index (χ1v) is 8.74. The normalized spacial score (nSPS) is 12.1. The van der Waals surface area contributed by atoms with E-state index in [2.05, 4.69) is 48.5 Å². The zero-order valence-electron chi connectivity index (χ0n) is 15.1. The molecule has 0 amide bonds. The van der Waals surface area contributed by atoms with Gasteiger partial charge in [-0.2, -0.15) is 5.10 Å². The van der Waals surface area contributed by atoms with Crippen molar-refractivity contribution in [1.29, 1.82) is 0 Å². The summed E-state index contributed by atoms with van der Waals surface area (Å²) in [5, 5.41) is 8.14. The van der Waals surface area contributed by atoms with Gasteiger partial charge >= 0.3 is 0 Å². The van der Waals surface area contributed by atoms with E-state index in [0.717, 1.165) is 23.7 Å². The Bertz CT molecular complexity index is 811. The number of ether oxygens (including phenoxy) is 1. The number of hydrogen-bond donors (Lipinski definition) is 1. The Kier molecular flexibility index (Phi) is 5.51. The molecule has 1 atom stereocenters. The van der Waals surface area contributed by atoms with Crippen molar-refractivity contribution in [2.45, 2.75) is 33.4 Å². The maximum atomic E-state index is 5.57. The Hall–Kier alpha value is -2.59. The molecule has 0 fully saturated rings. The first-order chi connectivity index (χ1) is 12.2. The van der Waals surface area contributed by atoms with Crippen LogP contribution in [0.2, 0.25) is 0 Å². The lowest BCUT2D eigenvalue weighted by molar-refractivity contribution is 0.339. The molecule has 25 heavy (non-hydrogen) atoms. The van der Waals surface area contributed by atoms with E-state index in [1.807, 2.05) is 48.1 Å². The highest BCUT2D eigenvalue weighted by atomic mass is 16.5. The van der Waals surface area contributed by atoms with E-state index in [1.54, 1.807) is 0 Å². The van der Waals surface area contributed by atoms with Crippen molar-refractivity contribution in [3.8, 4) is 11.4 Å². The number of hydrogen-bond acceptors (Lipinski definition) is 3. The van der Waals surface area contributed by atoms with Gasteiger partial charge in [-0.15, -0.1) is 0 Å². The summed E-state index contributed by atoms with van der Waals surface area (Å²) in [6, 6.07) is 18.7. The number of para-hydroxylation sites is 1. The van der Waals surface area contributed by atoms with Gasteiger partial charge in [0.25, 0.3) is 0 Å². The minimum Gasteiger partial charge on any atom is -0.494 e. The lowest BCUT2D eigenvalue weighted by Gasteiger charge is -2.15. The van der Waals surface area contributed by atoms with Crippen LogP contribution in [0.15, 0.2) is 60.8 Å². The minimum absolute atomic E-state index is 0.216. The third kappa shape index (κ3) is 4.09. The molecular formula is C21H25N3O. The standard InChI is InChI=1S/C21H25N3O/c1-4-25-20-12-8-9-18(13-20)14-22-16(2)21-15-23-24(17(21)3)19-10-6-5-7-11-19/h5-13,15-16,22H,4,14H2,1-3H3/t16-/m1/s1. The second kappa shape index (κ2) is 7.99. The smallest absolute Gasteiger partial charge is 0.119 e. The van der Waals surface area contributed by atoms with Crippen LogP contribution in [0, 0.1) is 6.92 Å². The zero-order valence-corrected chi connectivity index (χ0v) is 15.1. The second-order valence-corrected chi connectivity index (χ2v) is 6.12. The van der Waals surface area contributed by atoms with Crippen LogP contribution >= 0.6 is 0 Å². The first kappa shape index (κ1) is 17.2. The number of benzene rings is 2. The van der Waals surface area contributed by atoms with Gasteiger partial charge in [-0.05, 0) is 50.6 Å². The molecular weight excluding hydrogens is 310 g/mol. The van der Waals surface area contributed by atoms with Crippen LogP contribution in [0.25, 0.3) is 5.69 Å². The van der Waals surface area contributed by atoms with Crippen LogP contribution in [0.3, 0.4) is 0 Å². The average molecular weight is 335 g/mol. The summed E-state index contributed by atoms with van der Waals surface area (Å²) in [5.74, 6) is 0.919. The Morgan fingerprint density at radius 1 is 1.12 bits per heavy atom. The zero-order chi connectivity index (χ0) is 17.6. The lowest BCUT2D eigenvalue weighted by Crippen LogP contribution is -2.18. The van der Waals surface area contributed by atoms with E-state index in [9.17, 15) is 0 Å². The van der Waals surface area contributed by atoms with Crippen molar-refractivity contribution in [2.75, 3.05) is 6.61 Å². The Balaban J connectivity index is 1.69. The SMILES string of the molecule is CCOc1cccc(CN[C@H](C)c2cnn(-c3ccccc3)c2C)c1. The van der Waals surface area contributed by atoms with E-state index >= 15 is 0 Å². The van der Waals surface area contributed by atoms with Crippen molar-refractivity contribution in [3.05, 3.63) is 77.6 Å². The average Bonchev–Trinajstić information content (AvgIpc) is 3.03. The van der Waals surface area contributed by atoms with Gasteiger partial charge < -0.3 is 10.1 Å². The van der Waals surface area contributed by atoms with Gasteiger partial charge in [-0.25, -0.2) is 4.68 Å². The molecule has 0 radical (unpaired) electrons. The molecule has 0 bridgehead atoms. The van der Waals surface area contributed by atoms with Gasteiger partial charge in [0.1, 0.15) is 5.75 Å². The van der Waals surface area contributed by atoms with E-state index < -0.39 is 0 Å². The highest BCUT2D eigenvalue weighted by Crippen LogP contribution is 2.21. The van der Waals surface area contributed by atoms with Gasteiger partial charge in [0.2, 0.25) is 0 Å². The van der Waals surface area contributed by atoms with E-state index in [-0.39, 0.29) is 6.04 Å². The fourth-order valence-corrected chi connectivity index (χ4v) is 2.97. The largest absolute Gasteiger partial charge is 0.494 e. The summed E-state index contributed by atoms with van der Waals surface area (Å²) in [5.41, 5.74) is 4.67. The molecule has 1 aromatic heterocycles. The quantitative estimate of drug-likeness (QED) is 0.694. The van der Waals surface area contributed by atoms with Crippen LogP contribution in [-0.2, 0) is 6.54 Å².